The third kappa shape index (κ3) is 3.32. The van der Waals surface area contributed by atoms with E-state index in [2.05, 4.69) is 52.0 Å². The second kappa shape index (κ2) is 4.88. The van der Waals surface area contributed by atoms with Crippen molar-refractivity contribution in [2.24, 2.45) is 0 Å². The lowest BCUT2D eigenvalue weighted by molar-refractivity contribution is 0.438. The zero-order chi connectivity index (χ0) is 10.0. The van der Waals surface area contributed by atoms with Crippen molar-refractivity contribution < 1.29 is 12.9 Å². The van der Waals surface area contributed by atoms with Gasteiger partial charge in [-0.2, -0.15) is 0 Å². The summed E-state index contributed by atoms with van der Waals surface area (Å²) in [7, 11) is 0. The summed E-state index contributed by atoms with van der Waals surface area (Å²) in [5, 5.41) is 0. The molecule has 1 atom stereocenters. The lowest BCUT2D eigenvalue weighted by Gasteiger charge is -2.10. The summed E-state index contributed by atoms with van der Waals surface area (Å²) in [4.78, 5) is 0. The van der Waals surface area contributed by atoms with Gasteiger partial charge < -0.3 is 8.74 Å². The molecule has 72 valence electrons. The summed E-state index contributed by atoms with van der Waals surface area (Å²) >= 11 is 7.01. The first kappa shape index (κ1) is 11.6. The van der Waals surface area contributed by atoms with Gasteiger partial charge in [0.1, 0.15) is 11.4 Å². The highest BCUT2D eigenvalue weighted by molar-refractivity contribution is 9.11. The van der Waals surface area contributed by atoms with E-state index in [-0.39, 0.29) is 5.75 Å². The van der Waals surface area contributed by atoms with Crippen LogP contribution in [-0.2, 0) is 11.4 Å². The van der Waals surface area contributed by atoms with Gasteiger partial charge in [-0.1, -0.05) is 15.9 Å². The molecule has 0 amide bonds. The van der Waals surface area contributed by atoms with E-state index in [1.54, 1.807) is 12.1 Å². The second-order valence-electron chi connectivity index (χ2n) is 1.99. The SMILES string of the molecule is O=S([O-])Oc1c(Br)cc(Br)cc1Br. The van der Waals surface area contributed by atoms with Gasteiger partial charge in [-0.05, 0) is 44.0 Å². The van der Waals surface area contributed by atoms with Gasteiger partial charge >= 0.3 is 0 Å². The summed E-state index contributed by atoms with van der Waals surface area (Å²) in [6.45, 7) is 0. The summed E-state index contributed by atoms with van der Waals surface area (Å²) in [6.07, 6.45) is 0. The van der Waals surface area contributed by atoms with Crippen molar-refractivity contribution >= 4 is 59.2 Å². The molecular weight excluding hydrogens is 392 g/mol. The fourth-order valence-corrected chi connectivity index (χ4v) is 3.63. The molecule has 0 radical (unpaired) electrons. The average molecular weight is 394 g/mol. The highest BCUT2D eigenvalue weighted by Crippen LogP contribution is 2.36. The van der Waals surface area contributed by atoms with Crippen LogP contribution in [0.25, 0.3) is 0 Å². The van der Waals surface area contributed by atoms with Crippen molar-refractivity contribution in [3.05, 3.63) is 25.6 Å². The molecule has 0 saturated heterocycles. The molecule has 7 heteroatoms. The third-order valence-electron chi connectivity index (χ3n) is 1.11. The lowest BCUT2D eigenvalue weighted by Crippen LogP contribution is -1.99. The zero-order valence-electron chi connectivity index (χ0n) is 5.92. The van der Waals surface area contributed by atoms with Gasteiger partial charge in [0.05, 0.1) is 8.95 Å². The maximum Gasteiger partial charge on any atom is 0.167 e. The molecular formula is C6H2Br3O3S-. The van der Waals surface area contributed by atoms with Gasteiger partial charge in [0.2, 0.25) is 0 Å². The minimum Gasteiger partial charge on any atom is -0.740 e. The van der Waals surface area contributed by atoms with Gasteiger partial charge in [-0.15, -0.1) is 0 Å². The van der Waals surface area contributed by atoms with Crippen LogP contribution in [-0.4, -0.2) is 8.76 Å². The highest BCUT2D eigenvalue weighted by Gasteiger charge is 2.08. The first-order valence-corrected chi connectivity index (χ1v) is 6.30. The van der Waals surface area contributed by atoms with Crippen LogP contribution in [0.2, 0.25) is 0 Å². The third-order valence-corrected chi connectivity index (χ3v) is 3.05. The second-order valence-corrected chi connectivity index (χ2v) is 5.19. The summed E-state index contributed by atoms with van der Waals surface area (Å²) in [6, 6.07) is 3.37. The minimum absolute atomic E-state index is 0.233. The quantitative estimate of drug-likeness (QED) is 0.725. The molecule has 1 rings (SSSR count). The van der Waals surface area contributed by atoms with Crippen LogP contribution in [0.3, 0.4) is 0 Å². The number of halogens is 3. The summed E-state index contributed by atoms with van der Waals surface area (Å²) in [5.74, 6) is 0.233. The molecule has 0 aliphatic heterocycles. The molecule has 3 nitrogen and oxygen atoms in total. The summed E-state index contributed by atoms with van der Waals surface area (Å²) < 4.78 is 27.0. The van der Waals surface area contributed by atoms with Crippen LogP contribution in [0.1, 0.15) is 0 Å². The van der Waals surface area contributed by atoms with E-state index < -0.39 is 11.4 Å². The fourth-order valence-electron chi connectivity index (χ4n) is 0.677. The Bertz CT molecular complexity index is 332. The molecule has 0 aromatic heterocycles. The Balaban J connectivity index is 3.13. The van der Waals surface area contributed by atoms with Gasteiger partial charge in [0, 0.05) is 4.47 Å². The van der Waals surface area contributed by atoms with Gasteiger partial charge in [0.15, 0.2) is 5.75 Å². The van der Waals surface area contributed by atoms with Gasteiger partial charge in [0.25, 0.3) is 0 Å². The van der Waals surface area contributed by atoms with Crippen molar-refractivity contribution in [3.8, 4) is 5.75 Å². The molecule has 0 fully saturated rings. The predicted molar refractivity (Wildman–Crippen MR) is 59.1 cm³/mol. The monoisotopic (exact) mass is 391 g/mol. The molecule has 0 aliphatic rings. The van der Waals surface area contributed by atoms with Crippen molar-refractivity contribution in [1.29, 1.82) is 0 Å². The number of benzene rings is 1. The maximum atomic E-state index is 10.3. The van der Waals surface area contributed by atoms with Crippen LogP contribution in [0, 0.1) is 0 Å². The largest absolute Gasteiger partial charge is 0.740 e. The highest BCUT2D eigenvalue weighted by atomic mass is 79.9. The van der Waals surface area contributed by atoms with Crippen LogP contribution in [0.15, 0.2) is 25.6 Å². The molecule has 1 unspecified atom stereocenters. The van der Waals surface area contributed by atoms with E-state index in [1.807, 2.05) is 0 Å². The Hall–Kier alpha value is 0.570. The number of rotatable bonds is 2. The standard InChI is InChI=1S/C6H3Br3O3S/c7-3-1-4(8)6(5(9)2-3)12-13(10)11/h1-2H,(H,10,11)/p-1. The summed E-state index contributed by atoms with van der Waals surface area (Å²) in [5.41, 5.74) is 0. The van der Waals surface area contributed by atoms with Crippen LogP contribution in [0.5, 0.6) is 5.75 Å². The van der Waals surface area contributed by atoms with Gasteiger partial charge in [-0.25, -0.2) is 4.21 Å². The number of hydrogen-bond acceptors (Lipinski definition) is 3. The topological polar surface area (TPSA) is 49.4 Å². The Kier molecular flexibility index (Phi) is 4.37. The minimum atomic E-state index is -2.57. The van der Waals surface area contributed by atoms with Crippen LogP contribution < -0.4 is 4.18 Å². The zero-order valence-corrected chi connectivity index (χ0v) is 11.5. The Labute approximate surface area is 103 Å². The molecule has 1 aromatic rings. The molecule has 0 saturated carbocycles. The maximum absolute atomic E-state index is 10.3. The molecule has 1 aromatic carbocycles. The van der Waals surface area contributed by atoms with E-state index >= 15 is 0 Å². The van der Waals surface area contributed by atoms with E-state index in [1.165, 1.54) is 0 Å². The molecule has 0 N–H and O–H groups in total. The van der Waals surface area contributed by atoms with Crippen molar-refractivity contribution in [2.45, 2.75) is 0 Å². The Morgan fingerprint density at radius 2 is 1.69 bits per heavy atom. The van der Waals surface area contributed by atoms with E-state index in [4.69, 9.17) is 0 Å². The first-order chi connectivity index (χ1) is 6.00. The van der Waals surface area contributed by atoms with E-state index in [9.17, 15) is 8.76 Å². The van der Waals surface area contributed by atoms with Crippen molar-refractivity contribution in [1.82, 2.24) is 0 Å². The smallest absolute Gasteiger partial charge is 0.167 e. The fraction of sp³-hybridized carbons (Fsp3) is 0. The van der Waals surface area contributed by atoms with E-state index in [0.29, 0.717) is 8.95 Å². The van der Waals surface area contributed by atoms with Crippen molar-refractivity contribution in [2.75, 3.05) is 0 Å². The molecule has 0 heterocycles. The first-order valence-electron chi connectivity index (χ1n) is 2.93. The molecule has 13 heavy (non-hydrogen) atoms. The van der Waals surface area contributed by atoms with Gasteiger partial charge in [-0.3, -0.25) is 0 Å². The Morgan fingerprint density at radius 3 is 2.08 bits per heavy atom. The predicted octanol–water partition coefficient (Wildman–Crippen LogP) is 3.15. The molecule has 0 bridgehead atoms. The van der Waals surface area contributed by atoms with E-state index in [0.717, 1.165) is 4.47 Å². The van der Waals surface area contributed by atoms with Crippen molar-refractivity contribution in [3.63, 3.8) is 0 Å². The molecule has 0 aliphatic carbocycles. The molecule has 0 spiro atoms. The number of hydrogen-bond donors (Lipinski definition) is 0. The van der Waals surface area contributed by atoms with Crippen LogP contribution >= 0.6 is 47.8 Å². The Morgan fingerprint density at radius 1 is 1.23 bits per heavy atom. The average Bonchev–Trinajstić information content (AvgIpc) is 1.96. The van der Waals surface area contributed by atoms with Crippen LogP contribution in [0.4, 0.5) is 0 Å². The normalized spacial score (nSPS) is 12.6. The lowest BCUT2D eigenvalue weighted by atomic mass is 10.3.